The summed E-state index contributed by atoms with van der Waals surface area (Å²) in [6.07, 6.45) is 0. The molecule has 1 aromatic heterocycles. The van der Waals surface area contributed by atoms with Gasteiger partial charge in [0.15, 0.2) is 0 Å². The molecular weight excluding hydrogens is 352 g/mol. The van der Waals surface area contributed by atoms with Crippen LogP contribution in [0, 0.1) is 0 Å². The summed E-state index contributed by atoms with van der Waals surface area (Å²) in [5, 5.41) is 3.81. The average molecular weight is 371 g/mol. The van der Waals surface area contributed by atoms with E-state index in [4.69, 9.17) is 11.6 Å². The van der Waals surface area contributed by atoms with Crippen molar-refractivity contribution in [1.82, 2.24) is 14.9 Å². The van der Waals surface area contributed by atoms with Crippen LogP contribution in [0.5, 0.6) is 0 Å². The summed E-state index contributed by atoms with van der Waals surface area (Å²) in [4.78, 5) is 33.6. The Balaban J connectivity index is 1.73. The highest BCUT2D eigenvalue weighted by Crippen LogP contribution is 2.21. The van der Waals surface area contributed by atoms with Gasteiger partial charge in [-0.05, 0) is 38.2 Å². The molecular formula is C19H19ClN4O2. The first-order chi connectivity index (χ1) is 12.5. The van der Waals surface area contributed by atoms with E-state index in [0.717, 1.165) is 0 Å². The minimum atomic E-state index is -0.246. The number of benzene rings is 2. The van der Waals surface area contributed by atoms with Crippen molar-refractivity contribution in [3.05, 3.63) is 69.7 Å². The first kappa shape index (κ1) is 18.1. The van der Waals surface area contributed by atoms with E-state index in [1.54, 1.807) is 54.4 Å². The summed E-state index contributed by atoms with van der Waals surface area (Å²) in [6, 6.07) is 14.0. The molecule has 0 spiro atoms. The first-order valence-electron chi connectivity index (χ1n) is 8.19. The standard InChI is InChI=1S/C19H19ClN4O2/c1-12(18-22-15-9-5-3-7-13(15)19(26)23-18)24(2)11-17(25)21-16-10-6-4-8-14(16)20/h3-10,12H,11H2,1-2H3,(H,21,25)(H,22,23,26). The minimum Gasteiger partial charge on any atom is -0.324 e. The lowest BCUT2D eigenvalue weighted by molar-refractivity contribution is -0.117. The lowest BCUT2D eigenvalue weighted by Crippen LogP contribution is -2.33. The van der Waals surface area contributed by atoms with Crippen LogP contribution in [0.1, 0.15) is 18.8 Å². The molecule has 0 fully saturated rings. The summed E-state index contributed by atoms with van der Waals surface area (Å²) < 4.78 is 0. The number of H-pyrrole nitrogens is 1. The van der Waals surface area contributed by atoms with Crippen molar-refractivity contribution in [3.63, 3.8) is 0 Å². The Labute approximate surface area is 155 Å². The number of aromatic nitrogens is 2. The Morgan fingerprint density at radius 2 is 1.92 bits per heavy atom. The molecule has 0 aliphatic carbocycles. The first-order valence-corrected chi connectivity index (χ1v) is 8.57. The fourth-order valence-electron chi connectivity index (χ4n) is 2.63. The number of para-hydroxylation sites is 2. The summed E-state index contributed by atoms with van der Waals surface area (Å²) in [6.45, 7) is 2.01. The van der Waals surface area contributed by atoms with Crippen LogP contribution >= 0.6 is 11.6 Å². The summed E-state index contributed by atoms with van der Waals surface area (Å²) in [5.74, 6) is 0.317. The number of nitrogens with zero attached hydrogens (tertiary/aromatic N) is 2. The molecule has 3 aromatic rings. The number of likely N-dealkylation sites (N-methyl/N-ethyl adjacent to an activating group) is 1. The number of aromatic amines is 1. The number of rotatable bonds is 5. The van der Waals surface area contributed by atoms with Crippen molar-refractivity contribution >= 4 is 34.1 Å². The number of halogens is 1. The van der Waals surface area contributed by atoms with Gasteiger partial charge < -0.3 is 10.3 Å². The van der Waals surface area contributed by atoms with Gasteiger partial charge >= 0.3 is 0 Å². The van der Waals surface area contributed by atoms with Gasteiger partial charge in [-0.15, -0.1) is 0 Å². The van der Waals surface area contributed by atoms with Gasteiger partial charge in [0.1, 0.15) is 5.82 Å². The van der Waals surface area contributed by atoms with Crippen LogP contribution in [-0.2, 0) is 4.79 Å². The van der Waals surface area contributed by atoms with Crippen LogP contribution in [0.25, 0.3) is 10.9 Å². The van der Waals surface area contributed by atoms with Gasteiger partial charge in [-0.25, -0.2) is 4.98 Å². The number of amides is 1. The maximum Gasteiger partial charge on any atom is 0.258 e. The average Bonchev–Trinajstić information content (AvgIpc) is 2.63. The van der Waals surface area contributed by atoms with Gasteiger partial charge in [-0.1, -0.05) is 35.9 Å². The molecule has 1 amide bonds. The van der Waals surface area contributed by atoms with E-state index in [0.29, 0.717) is 27.4 Å². The van der Waals surface area contributed by atoms with E-state index in [-0.39, 0.29) is 24.1 Å². The van der Waals surface area contributed by atoms with Gasteiger partial charge in [0, 0.05) is 0 Å². The maximum atomic E-state index is 12.3. The molecule has 2 N–H and O–H groups in total. The van der Waals surface area contributed by atoms with Gasteiger partial charge in [0.05, 0.1) is 34.2 Å². The second kappa shape index (κ2) is 7.68. The van der Waals surface area contributed by atoms with E-state index in [9.17, 15) is 9.59 Å². The third-order valence-electron chi connectivity index (χ3n) is 4.23. The SMILES string of the molecule is CC(c1nc2ccccc2c(=O)[nH]1)N(C)CC(=O)Nc1ccccc1Cl. The molecule has 3 rings (SSSR count). The molecule has 0 bridgehead atoms. The van der Waals surface area contributed by atoms with Crippen molar-refractivity contribution < 1.29 is 4.79 Å². The topological polar surface area (TPSA) is 78.1 Å². The van der Waals surface area contributed by atoms with Crippen LogP contribution in [0.3, 0.4) is 0 Å². The molecule has 6 nitrogen and oxygen atoms in total. The van der Waals surface area contributed by atoms with Crippen molar-refractivity contribution in [1.29, 1.82) is 0 Å². The predicted octanol–water partition coefficient (Wildman–Crippen LogP) is 3.21. The molecule has 1 atom stereocenters. The van der Waals surface area contributed by atoms with E-state index in [2.05, 4.69) is 15.3 Å². The quantitative estimate of drug-likeness (QED) is 0.723. The third-order valence-corrected chi connectivity index (χ3v) is 4.56. The predicted molar refractivity (Wildman–Crippen MR) is 103 cm³/mol. The lowest BCUT2D eigenvalue weighted by atomic mass is 10.2. The molecule has 26 heavy (non-hydrogen) atoms. The maximum absolute atomic E-state index is 12.3. The summed E-state index contributed by atoms with van der Waals surface area (Å²) in [7, 11) is 1.80. The van der Waals surface area contributed by atoms with Crippen LogP contribution in [0.15, 0.2) is 53.3 Å². The fraction of sp³-hybridized carbons (Fsp3) is 0.211. The molecule has 1 heterocycles. The van der Waals surface area contributed by atoms with E-state index < -0.39 is 0 Å². The molecule has 134 valence electrons. The van der Waals surface area contributed by atoms with Crippen molar-refractivity contribution in [3.8, 4) is 0 Å². The number of nitrogens with one attached hydrogen (secondary N) is 2. The molecule has 7 heteroatoms. The van der Waals surface area contributed by atoms with E-state index in [1.807, 2.05) is 13.0 Å². The second-order valence-electron chi connectivity index (χ2n) is 6.09. The zero-order chi connectivity index (χ0) is 18.7. The van der Waals surface area contributed by atoms with Crippen LogP contribution in [0.4, 0.5) is 5.69 Å². The minimum absolute atomic E-state index is 0.128. The zero-order valence-electron chi connectivity index (χ0n) is 14.5. The van der Waals surface area contributed by atoms with Crippen molar-refractivity contribution in [2.45, 2.75) is 13.0 Å². The van der Waals surface area contributed by atoms with Gasteiger partial charge in [0.25, 0.3) is 5.56 Å². The van der Waals surface area contributed by atoms with Crippen molar-refractivity contribution in [2.24, 2.45) is 0 Å². The Hall–Kier alpha value is -2.70. The third kappa shape index (κ3) is 3.92. The number of anilines is 1. The molecule has 0 saturated carbocycles. The number of fused-ring (bicyclic) bond motifs is 1. The Bertz CT molecular complexity index is 1000. The van der Waals surface area contributed by atoms with Crippen LogP contribution in [-0.4, -0.2) is 34.4 Å². The molecule has 0 saturated heterocycles. The summed E-state index contributed by atoms with van der Waals surface area (Å²) >= 11 is 6.06. The lowest BCUT2D eigenvalue weighted by Gasteiger charge is -2.23. The highest BCUT2D eigenvalue weighted by molar-refractivity contribution is 6.33. The van der Waals surface area contributed by atoms with Gasteiger partial charge in [0.2, 0.25) is 5.91 Å². The molecule has 1 unspecified atom stereocenters. The number of carbonyl (C=O) groups excluding carboxylic acids is 1. The smallest absolute Gasteiger partial charge is 0.258 e. The molecule has 2 aromatic carbocycles. The summed E-state index contributed by atoms with van der Waals surface area (Å²) in [5.41, 5.74) is 1.01. The largest absolute Gasteiger partial charge is 0.324 e. The highest BCUT2D eigenvalue weighted by Gasteiger charge is 2.18. The second-order valence-corrected chi connectivity index (χ2v) is 6.49. The molecule has 0 aliphatic rings. The number of carbonyl (C=O) groups is 1. The van der Waals surface area contributed by atoms with Gasteiger partial charge in [-0.2, -0.15) is 0 Å². The Kier molecular flexibility index (Phi) is 5.35. The van der Waals surface area contributed by atoms with Crippen LogP contribution in [0.2, 0.25) is 5.02 Å². The van der Waals surface area contributed by atoms with Gasteiger partial charge in [-0.3, -0.25) is 14.5 Å². The van der Waals surface area contributed by atoms with Crippen LogP contribution < -0.4 is 10.9 Å². The molecule has 0 aliphatic heterocycles. The molecule has 0 radical (unpaired) electrons. The fourth-order valence-corrected chi connectivity index (χ4v) is 2.81. The monoisotopic (exact) mass is 370 g/mol. The van der Waals surface area contributed by atoms with E-state index in [1.165, 1.54) is 0 Å². The zero-order valence-corrected chi connectivity index (χ0v) is 15.2. The number of hydrogen-bond acceptors (Lipinski definition) is 4. The Morgan fingerprint density at radius 1 is 1.23 bits per heavy atom. The Morgan fingerprint density at radius 3 is 2.69 bits per heavy atom. The highest BCUT2D eigenvalue weighted by atomic mass is 35.5. The van der Waals surface area contributed by atoms with Crippen molar-refractivity contribution in [2.75, 3.05) is 18.9 Å². The number of hydrogen-bond donors (Lipinski definition) is 2. The van der Waals surface area contributed by atoms with E-state index >= 15 is 0 Å². The normalized spacial score (nSPS) is 12.3.